The number of anilines is 5. The molecule has 0 saturated carbocycles. The molecule has 1 aliphatic rings. The van der Waals surface area contributed by atoms with Gasteiger partial charge in [-0.1, -0.05) is 6.58 Å². The number of likely N-dealkylation sites (N-methyl/N-ethyl adjacent to an activating group) is 1. The van der Waals surface area contributed by atoms with Gasteiger partial charge in [-0.25, -0.2) is 9.78 Å². The van der Waals surface area contributed by atoms with Crippen molar-refractivity contribution in [3.05, 3.63) is 66.4 Å². The third-order valence-corrected chi connectivity index (χ3v) is 6.65. The first kappa shape index (κ1) is 28.4. The SMILES string of the molecule is C=CC(=O)Cc1cc(N(C)CCOC)ccc1Nc1ncc2c(n1)N(C)C(=O)N(c1cc(OC)cc(OC)c1)C2. The highest BCUT2D eigenvalue weighted by Gasteiger charge is 2.31. The Labute approximate surface area is 234 Å². The van der Waals surface area contributed by atoms with Crippen LogP contribution in [0.5, 0.6) is 11.5 Å². The number of hydrogen-bond donors (Lipinski definition) is 1. The average Bonchev–Trinajstić information content (AvgIpc) is 2.98. The summed E-state index contributed by atoms with van der Waals surface area (Å²) in [7, 11) is 8.41. The molecule has 0 atom stereocenters. The van der Waals surface area contributed by atoms with Crippen molar-refractivity contribution in [1.82, 2.24) is 9.97 Å². The van der Waals surface area contributed by atoms with Gasteiger partial charge in [0.15, 0.2) is 5.78 Å². The van der Waals surface area contributed by atoms with Crippen molar-refractivity contribution in [3.8, 4) is 11.5 Å². The number of carbonyl (C=O) groups is 2. The van der Waals surface area contributed by atoms with Crippen molar-refractivity contribution in [3.63, 3.8) is 0 Å². The summed E-state index contributed by atoms with van der Waals surface area (Å²) in [5.41, 5.74) is 3.81. The number of amides is 2. The lowest BCUT2D eigenvalue weighted by Gasteiger charge is -2.34. The third-order valence-electron chi connectivity index (χ3n) is 6.65. The molecule has 0 aliphatic carbocycles. The second-order valence-electron chi connectivity index (χ2n) is 9.27. The Morgan fingerprint density at radius 3 is 2.52 bits per heavy atom. The van der Waals surface area contributed by atoms with E-state index in [-0.39, 0.29) is 24.8 Å². The quantitative estimate of drug-likeness (QED) is 0.334. The van der Waals surface area contributed by atoms with Crippen molar-refractivity contribution in [2.75, 3.05) is 68.6 Å². The number of nitrogens with one attached hydrogen (secondary N) is 1. The van der Waals surface area contributed by atoms with E-state index in [1.807, 2.05) is 25.2 Å². The Balaban J connectivity index is 1.62. The zero-order valence-corrected chi connectivity index (χ0v) is 23.4. The molecule has 4 rings (SSSR count). The van der Waals surface area contributed by atoms with Crippen molar-refractivity contribution in [2.24, 2.45) is 0 Å². The van der Waals surface area contributed by atoms with Gasteiger partial charge in [-0.2, -0.15) is 4.98 Å². The highest BCUT2D eigenvalue weighted by atomic mass is 16.5. The number of urea groups is 1. The van der Waals surface area contributed by atoms with Gasteiger partial charge in [0, 0.05) is 75.5 Å². The monoisotopic (exact) mass is 546 g/mol. The Morgan fingerprint density at radius 2 is 1.88 bits per heavy atom. The molecule has 0 fully saturated rings. The van der Waals surface area contributed by atoms with Crippen LogP contribution in [0, 0.1) is 0 Å². The molecule has 0 saturated heterocycles. The number of ketones is 1. The third kappa shape index (κ3) is 6.15. The fourth-order valence-corrected chi connectivity index (χ4v) is 4.34. The van der Waals surface area contributed by atoms with E-state index in [1.54, 1.807) is 57.7 Å². The van der Waals surface area contributed by atoms with Crippen LogP contribution in [0.1, 0.15) is 11.1 Å². The Kier molecular flexibility index (Phi) is 8.85. The molecular formula is C29H34N6O5. The molecule has 2 amide bonds. The molecule has 0 spiro atoms. The standard InChI is InChI=1S/C29H34N6O5/c1-7-23(36)13-19-12-21(33(2)10-11-38-4)8-9-26(19)31-28-30-17-20-18-35(29(37)34(3)27(20)32-28)22-14-24(39-5)16-25(15-22)40-6/h7-9,12,14-17H,1,10-11,13,18H2,2-6H3,(H,30,31,32). The van der Waals surface area contributed by atoms with Crippen LogP contribution in [0.25, 0.3) is 0 Å². The number of rotatable bonds is 12. The van der Waals surface area contributed by atoms with Crippen LogP contribution in [0.4, 0.5) is 33.6 Å². The van der Waals surface area contributed by atoms with E-state index >= 15 is 0 Å². The van der Waals surface area contributed by atoms with E-state index in [1.165, 1.54) is 11.0 Å². The van der Waals surface area contributed by atoms with Crippen LogP contribution < -0.4 is 29.5 Å². The number of aromatic nitrogens is 2. The maximum Gasteiger partial charge on any atom is 0.330 e. The summed E-state index contributed by atoms with van der Waals surface area (Å²) in [5.74, 6) is 1.85. The van der Waals surface area contributed by atoms with Crippen molar-refractivity contribution < 1.29 is 23.8 Å². The molecule has 1 aromatic heterocycles. The topological polar surface area (TPSA) is 109 Å². The van der Waals surface area contributed by atoms with Gasteiger partial charge in [-0.15, -0.1) is 0 Å². The zero-order chi connectivity index (χ0) is 28.8. The number of fused-ring (bicyclic) bond motifs is 1. The molecule has 0 bridgehead atoms. The molecular weight excluding hydrogens is 512 g/mol. The minimum absolute atomic E-state index is 0.106. The fraction of sp³-hybridized carbons (Fsp3) is 0.310. The van der Waals surface area contributed by atoms with Gasteiger partial charge in [0.05, 0.1) is 33.1 Å². The summed E-state index contributed by atoms with van der Waals surface area (Å²) < 4.78 is 15.9. The largest absolute Gasteiger partial charge is 0.497 e. The summed E-state index contributed by atoms with van der Waals surface area (Å²) in [6, 6.07) is 10.8. The predicted molar refractivity (Wildman–Crippen MR) is 155 cm³/mol. The molecule has 3 aromatic rings. The smallest absolute Gasteiger partial charge is 0.330 e. The summed E-state index contributed by atoms with van der Waals surface area (Å²) in [6.07, 6.45) is 3.17. The molecule has 40 heavy (non-hydrogen) atoms. The minimum Gasteiger partial charge on any atom is -0.497 e. The maximum absolute atomic E-state index is 13.4. The van der Waals surface area contributed by atoms with E-state index in [2.05, 4.69) is 26.8 Å². The number of benzene rings is 2. The van der Waals surface area contributed by atoms with Crippen molar-refractivity contribution in [2.45, 2.75) is 13.0 Å². The molecule has 11 nitrogen and oxygen atoms in total. The van der Waals surface area contributed by atoms with Gasteiger partial charge in [-0.3, -0.25) is 14.6 Å². The molecule has 1 aliphatic heterocycles. The fourth-order valence-electron chi connectivity index (χ4n) is 4.34. The Bertz CT molecular complexity index is 1390. The van der Waals surface area contributed by atoms with E-state index < -0.39 is 0 Å². The molecule has 11 heteroatoms. The lowest BCUT2D eigenvalue weighted by atomic mass is 10.0. The molecule has 0 unspecified atom stereocenters. The number of ether oxygens (including phenoxy) is 3. The first-order valence-corrected chi connectivity index (χ1v) is 12.7. The highest BCUT2D eigenvalue weighted by molar-refractivity contribution is 6.05. The minimum atomic E-state index is -0.256. The van der Waals surface area contributed by atoms with Gasteiger partial charge in [0.25, 0.3) is 0 Å². The second-order valence-corrected chi connectivity index (χ2v) is 9.27. The van der Waals surface area contributed by atoms with E-state index in [0.29, 0.717) is 47.8 Å². The zero-order valence-electron chi connectivity index (χ0n) is 23.4. The molecule has 0 radical (unpaired) electrons. The van der Waals surface area contributed by atoms with Gasteiger partial charge in [0.2, 0.25) is 5.95 Å². The molecule has 2 aromatic carbocycles. The molecule has 210 valence electrons. The first-order valence-electron chi connectivity index (χ1n) is 12.7. The Morgan fingerprint density at radius 1 is 1.15 bits per heavy atom. The number of nitrogens with zero attached hydrogens (tertiary/aromatic N) is 5. The van der Waals surface area contributed by atoms with Crippen LogP contribution in [-0.2, 0) is 22.5 Å². The Hall–Kier alpha value is -4.64. The maximum atomic E-state index is 13.4. The van der Waals surface area contributed by atoms with Gasteiger partial charge >= 0.3 is 6.03 Å². The summed E-state index contributed by atoms with van der Waals surface area (Å²) in [6.45, 7) is 5.16. The lowest BCUT2D eigenvalue weighted by molar-refractivity contribution is -0.114. The normalized spacial score (nSPS) is 12.6. The average molecular weight is 547 g/mol. The van der Waals surface area contributed by atoms with Crippen LogP contribution in [0.3, 0.4) is 0 Å². The molecule has 1 N–H and O–H groups in total. The van der Waals surface area contributed by atoms with E-state index in [9.17, 15) is 9.59 Å². The lowest BCUT2D eigenvalue weighted by Crippen LogP contribution is -2.46. The van der Waals surface area contributed by atoms with Crippen LogP contribution in [-0.4, -0.2) is 70.4 Å². The van der Waals surface area contributed by atoms with Crippen LogP contribution in [0.2, 0.25) is 0 Å². The van der Waals surface area contributed by atoms with Gasteiger partial charge < -0.3 is 24.4 Å². The highest BCUT2D eigenvalue weighted by Crippen LogP contribution is 2.35. The van der Waals surface area contributed by atoms with E-state index in [4.69, 9.17) is 14.2 Å². The van der Waals surface area contributed by atoms with Crippen molar-refractivity contribution >= 4 is 40.6 Å². The van der Waals surface area contributed by atoms with Crippen LogP contribution >= 0.6 is 0 Å². The van der Waals surface area contributed by atoms with Crippen LogP contribution in [0.15, 0.2) is 55.3 Å². The number of allylic oxidation sites excluding steroid dienone is 1. The number of hydrogen-bond acceptors (Lipinski definition) is 9. The number of methoxy groups -OCH3 is 3. The number of carbonyl (C=O) groups excluding carboxylic acids is 2. The van der Waals surface area contributed by atoms with Crippen molar-refractivity contribution in [1.29, 1.82) is 0 Å². The second kappa shape index (κ2) is 12.5. The van der Waals surface area contributed by atoms with Gasteiger partial charge in [0.1, 0.15) is 17.3 Å². The predicted octanol–water partition coefficient (Wildman–Crippen LogP) is 4.19. The summed E-state index contributed by atoms with van der Waals surface area (Å²) in [4.78, 5) is 39.9. The summed E-state index contributed by atoms with van der Waals surface area (Å²) >= 11 is 0. The first-order chi connectivity index (χ1) is 19.3. The van der Waals surface area contributed by atoms with E-state index in [0.717, 1.165) is 16.8 Å². The van der Waals surface area contributed by atoms with Gasteiger partial charge in [-0.05, 0) is 29.8 Å². The summed E-state index contributed by atoms with van der Waals surface area (Å²) in [5, 5.41) is 3.23. The molecule has 2 heterocycles.